The summed E-state index contributed by atoms with van der Waals surface area (Å²) >= 11 is 0. The van der Waals surface area contributed by atoms with Gasteiger partial charge in [0.05, 0.1) is 4.90 Å². The normalized spacial score (nSPS) is 11.5. The van der Waals surface area contributed by atoms with Gasteiger partial charge in [0.2, 0.25) is 0 Å². The van der Waals surface area contributed by atoms with Crippen molar-refractivity contribution in [3.8, 4) is 0 Å². The smallest absolute Gasteiger partial charge is 0.744 e. The number of benzene rings is 1. The molecule has 0 aromatic heterocycles. The van der Waals surface area contributed by atoms with E-state index in [4.69, 9.17) is 0 Å². The second-order valence-electron chi connectivity index (χ2n) is 3.33. The van der Waals surface area contributed by atoms with Crippen LogP contribution in [-0.2, 0) is 10.1 Å². The van der Waals surface area contributed by atoms with Crippen molar-refractivity contribution >= 4 is 10.1 Å². The van der Waals surface area contributed by atoms with Crippen LogP contribution in [0.2, 0.25) is 0 Å². The molecule has 0 aliphatic heterocycles. The van der Waals surface area contributed by atoms with Gasteiger partial charge in [-0.2, -0.15) is 0 Å². The first-order valence-corrected chi connectivity index (χ1v) is 5.92. The van der Waals surface area contributed by atoms with Gasteiger partial charge < -0.3 is 4.55 Å². The van der Waals surface area contributed by atoms with Crippen LogP contribution in [0.15, 0.2) is 29.2 Å². The van der Waals surface area contributed by atoms with Crippen molar-refractivity contribution in [3.63, 3.8) is 0 Å². The third-order valence-electron chi connectivity index (χ3n) is 2.35. The van der Waals surface area contributed by atoms with Gasteiger partial charge in [-0.1, -0.05) is 40.8 Å². The first kappa shape index (κ1) is 22.9. The zero-order valence-corrected chi connectivity index (χ0v) is 13.2. The predicted octanol–water partition coefficient (Wildman–Crippen LogP) is 0.380. The van der Waals surface area contributed by atoms with Crippen LogP contribution in [0.4, 0.5) is 0 Å². The Kier molecular flexibility index (Phi) is 13.0. The van der Waals surface area contributed by atoms with Gasteiger partial charge in [-0.3, -0.25) is 0 Å². The van der Waals surface area contributed by atoms with Crippen LogP contribution in [-0.4, -0.2) is 13.0 Å². The summed E-state index contributed by atoms with van der Waals surface area (Å²) < 4.78 is 31.9. The van der Waals surface area contributed by atoms with Crippen molar-refractivity contribution in [2.24, 2.45) is 0 Å². The monoisotopic (exact) mass is 284 g/mol. The molecule has 94 valence electrons. The summed E-state index contributed by atoms with van der Waals surface area (Å²) in [5.74, 6) is 0.387. The van der Waals surface area contributed by atoms with E-state index in [1.165, 1.54) is 12.1 Å². The van der Waals surface area contributed by atoms with Gasteiger partial charge in [0.25, 0.3) is 0 Å². The Morgan fingerprint density at radius 3 is 1.88 bits per heavy atom. The number of rotatable bonds is 3. The standard InChI is InChI=1S/C10H14O3S.2CH4.K/c1-3-8(2)9-4-6-10(7-5-9)14(11,12)13;;;/h4-8H,3H2,1-2H3,(H,11,12,13);2*1H4;/q;;;+1/p-1. The molecule has 0 N–H and O–H groups in total. The van der Waals surface area contributed by atoms with Crippen LogP contribution in [0.3, 0.4) is 0 Å². The molecule has 1 rings (SSSR count). The van der Waals surface area contributed by atoms with Crippen molar-refractivity contribution in [1.82, 2.24) is 0 Å². The third kappa shape index (κ3) is 7.05. The molecule has 1 aromatic rings. The molecular weight excluding hydrogens is 263 g/mol. The fraction of sp³-hybridized carbons (Fsp3) is 0.500. The Labute approximate surface area is 148 Å². The van der Waals surface area contributed by atoms with Crippen LogP contribution in [0.25, 0.3) is 0 Å². The van der Waals surface area contributed by atoms with E-state index < -0.39 is 10.1 Å². The average Bonchev–Trinajstić information content (AvgIpc) is 2.15. The Morgan fingerprint density at radius 1 is 1.18 bits per heavy atom. The largest absolute Gasteiger partial charge is 1.00 e. The number of hydrogen-bond donors (Lipinski definition) is 0. The maximum Gasteiger partial charge on any atom is 1.00 e. The maximum atomic E-state index is 10.6. The molecule has 0 saturated carbocycles. The Bertz CT molecular complexity index is 398. The van der Waals surface area contributed by atoms with Crippen LogP contribution in [0, 0.1) is 0 Å². The summed E-state index contributed by atoms with van der Waals surface area (Å²) in [6.07, 6.45) is 0.990. The topological polar surface area (TPSA) is 57.2 Å². The van der Waals surface area contributed by atoms with E-state index in [1.54, 1.807) is 12.1 Å². The van der Waals surface area contributed by atoms with Gasteiger partial charge >= 0.3 is 51.4 Å². The summed E-state index contributed by atoms with van der Waals surface area (Å²) in [6.45, 7) is 4.11. The number of hydrogen-bond acceptors (Lipinski definition) is 3. The summed E-state index contributed by atoms with van der Waals surface area (Å²) in [7, 11) is -4.30. The second kappa shape index (κ2) is 9.66. The van der Waals surface area contributed by atoms with Gasteiger partial charge in [-0.15, -0.1) is 0 Å². The summed E-state index contributed by atoms with van der Waals surface area (Å²) in [5.41, 5.74) is 1.06. The van der Waals surface area contributed by atoms with E-state index in [-0.39, 0.29) is 71.1 Å². The van der Waals surface area contributed by atoms with Crippen LogP contribution >= 0.6 is 0 Å². The zero-order valence-electron chi connectivity index (χ0n) is 9.23. The Balaban J connectivity index is -0.000000653. The zero-order chi connectivity index (χ0) is 10.8. The fourth-order valence-electron chi connectivity index (χ4n) is 1.20. The van der Waals surface area contributed by atoms with E-state index in [2.05, 4.69) is 13.8 Å². The minimum absolute atomic E-state index is 0. The quantitative estimate of drug-likeness (QED) is 0.595. The van der Waals surface area contributed by atoms with Crippen molar-refractivity contribution in [1.29, 1.82) is 0 Å². The van der Waals surface area contributed by atoms with E-state index in [0.29, 0.717) is 5.92 Å². The molecule has 0 aliphatic carbocycles. The maximum absolute atomic E-state index is 10.6. The van der Waals surface area contributed by atoms with Crippen molar-refractivity contribution in [2.75, 3.05) is 0 Å². The molecule has 1 unspecified atom stereocenters. The summed E-state index contributed by atoms with van der Waals surface area (Å²) in [6, 6.07) is 6.12. The molecule has 0 spiro atoms. The Hall–Kier alpha value is 0.766. The molecule has 0 fully saturated rings. The van der Waals surface area contributed by atoms with Crippen molar-refractivity contribution in [2.45, 2.75) is 45.9 Å². The summed E-state index contributed by atoms with van der Waals surface area (Å²) in [4.78, 5) is -0.162. The van der Waals surface area contributed by atoms with E-state index in [1.807, 2.05) is 0 Å². The summed E-state index contributed by atoms with van der Waals surface area (Å²) in [5, 5.41) is 0. The molecule has 1 atom stereocenters. The molecule has 0 bridgehead atoms. The average molecular weight is 284 g/mol. The molecule has 17 heavy (non-hydrogen) atoms. The Morgan fingerprint density at radius 2 is 1.59 bits per heavy atom. The predicted molar refractivity (Wildman–Crippen MR) is 66.6 cm³/mol. The van der Waals surface area contributed by atoms with Crippen LogP contribution < -0.4 is 51.4 Å². The first-order chi connectivity index (χ1) is 6.45. The van der Waals surface area contributed by atoms with Crippen LogP contribution in [0.5, 0.6) is 0 Å². The molecule has 0 saturated heterocycles. The molecule has 0 amide bonds. The van der Waals surface area contributed by atoms with E-state index in [0.717, 1.165) is 12.0 Å². The van der Waals surface area contributed by atoms with E-state index in [9.17, 15) is 13.0 Å². The van der Waals surface area contributed by atoms with E-state index >= 15 is 0 Å². The molecule has 0 heterocycles. The van der Waals surface area contributed by atoms with Gasteiger partial charge in [-0.25, -0.2) is 8.42 Å². The van der Waals surface area contributed by atoms with Gasteiger partial charge in [0.1, 0.15) is 10.1 Å². The minimum Gasteiger partial charge on any atom is -0.744 e. The third-order valence-corrected chi connectivity index (χ3v) is 3.20. The SMILES string of the molecule is C.C.CCC(C)c1ccc(S(=O)(=O)[O-])cc1.[K+]. The molecule has 3 nitrogen and oxygen atoms in total. The molecular formula is C12H21KO3S. The van der Waals surface area contributed by atoms with Gasteiger partial charge in [0, 0.05) is 0 Å². The van der Waals surface area contributed by atoms with Crippen molar-refractivity contribution in [3.05, 3.63) is 29.8 Å². The first-order valence-electron chi connectivity index (χ1n) is 4.51. The van der Waals surface area contributed by atoms with Gasteiger partial charge in [-0.05, 0) is 30.0 Å². The molecule has 1 aromatic carbocycles. The van der Waals surface area contributed by atoms with Gasteiger partial charge in [0.15, 0.2) is 0 Å². The molecule has 0 aliphatic rings. The minimum atomic E-state index is -4.30. The fourth-order valence-corrected chi connectivity index (χ4v) is 1.67. The molecule has 5 heteroatoms. The molecule has 0 radical (unpaired) electrons. The van der Waals surface area contributed by atoms with Crippen molar-refractivity contribution < 1.29 is 64.4 Å². The van der Waals surface area contributed by atoms with Crippen LogP contribution in [0.1, 0.15) is 46.6 Å². The second-order valence-corrected chi connectivity index (χ2v) is 4.71.